The lowest BCUT2D eigenvalue weighted by molar-refractivity contribution is -0.142. The third-order valence-corrected chi connectivity index (χ3v) is 6.52. The number of likely N-dealkylation sites (tertiary alicyclic amines) is 1. The molecule has 2 spiro atoms. The van der Waals surface area contributed by atoms with Crippen molar-refractivity contribution in [3.8, 4) is 5.75 Å². The Morgan fingerprint density at radius 2 is 1.50 bits per heavy atom. The van der Waals surface area contributed by atoms with Crippen LogP contribution in [0, 0.1) is 5.41 Å². The first-order valence-corrected chi connectivity index (χ1v) is 9.23. The Morgan fingerprint density at radius 3 is 2.11 bits per heavy atom. The Hall–Kier alpha value is -2.83. The van der Waals surface area contributed by atoms with Gasteiger partial charge in [0.15, 0.2) is 22.9 Å². The predicted molar refractivity (Wildman–Crippen MR) is 99.7 cm³/mol. The molecule has 28 heavy (non-hydrogen) atoms. The third kappa shape index (κ3) is 1.69. The summed E-state index contributed by atoms with van der Waals surface area (Å²) >= 11 is 0. The van der Waals surface area contributed by atoms with Crippen LogP contribution in [0.5, 0.6) is 5.75 Å². The van der Waals surface area contributed by atoms with Crippen LogP contribution in [-0.4, -0.2) is 54.8 Å². The van der Waals surface area contributed by atoms with Gasteiger partial charge in [-0.15, -0.1) is 0 Å². The molecule has 0 unspecified atom stereocenters. The van der Waals surface area contributed by atoms with Gasteiger partial charge in [-0.3, -0.25) is 19.3 Å². The van der Waals surface area contributed by atoms with Gasteiger partial charge in [0.2, 0.25) is 6.29 Å². The van der Waals surface area contributed by atoms with E-state index in [1.165, 1.54) is 7.11 Å². The van der Waals surface area contributed by atoms with Gasteiger partial charge in [0.25, 0.3) is 0 Å². The SMILES string of the molecule is CO[C@H]1Oc2ccccc2C(=O)[C@@]12CCN(C)C21C(=O)c2ccccc2C1=O. The highest BCUT2D eigenvalue weighted by atomic mass is 16.7. The van der Waals surface area contributed by atoms with Crippen molar-refractivity contribution in [3.05, 3.63) is 65.2 Å². The van der Waals surface area contributed by atoms with E-state index in [0.29, 0.717) is 35.4 Å². The van der Waals surface area contributed by atoms with E-state index in [4.69, 9.17) is 9.47 Å². The van der Waals surface area contributed by atoms with E-state index in [-0.39, 0.29) is 17.3 Å². The van der Waals surface area contributed by atoms with Crippen molar-refractivity contribution in [2.75, 3.05) is 20.7 Å². The largest absolute Gasteiger partial charge is 0.463 e. The molecule has 142 valence electrons. The Bertz CT molecular complexity index is 1010. The molecule has 1 aliphatic carbocycles. The zero-order valence-corrected chi connectivity index (χ0v) is 15.6. The Morgan fingerprint density at radius 1 is 0.929 bits per heavy atom. The third-order valence-electron chi connectivity index (χ3n) is 6.52. The molecular formula is C22H19NO5. The number of fused-ring (bicyclic) bond motifs is 3. The lowest BCUT2D eigenvalue weighted by Gasteiger charge is -2.48. The van der Waals surface area contributed by atoms with E-state index in [2.05, 4.69) is 0 Å². The number of ketones is 3. The molecule has 2 aromatic rings. The summed E-state index contributed by atoms with van der Waals surface area (Å²) in [5, 5.41) is 0. The zero-order valence-electron chi connectivity index (χ0n) is 15.6. The summed E-state index contributed by atoms with van der Waals surface area (Å²) in [5.41, 5.74) is -2.04. The van der Waals surface area contributed by atoms with E-state index in [1.807, 2.05) is 0 Å². The Balaban J connectivity index is 1.81. The normalized spacial score (nSPS) is 27.9. The molecule has 0 bridgehead atoms. The van der Waals surface area contributed by atoms with E-state index in [1.54, 1.807) is 60.5 Å². The maximum Gasteiger partial charge on any atom is 0.215 e. The van der Waals surface area contributed by atoms with Crippen molar-refractivity contribution >= 4 is 17.3 Å². The summed E-state index contributed by atoms with van der Waals surface area (Å²) in [4.78, 5) is 43.0. The molecule has 2 aromatic carbocycles. The molecule has 2 aliphatic heterocycles. The summed E-state index contributed by atoms with van der Waals surface area (Å²) in [5.74, 6) is -0.580. The van der Waals surface area contributed by atoms with Crippen molar-refractivity contribution in [1.82, 2.24) is 4.90 Å². The Labute approximate surface area is 162 Å². The van der Waals surface area contributed by atoms with Crippen LogP contribution >= 0.6 is 0 Å². The van der Waals surface area contributed by atoms with Gasteiger partial charge in [-0.2, -0.15) is 0 Å². The first-order chi connectivity index (χ1) is 13.5. The molecular weight excluding hydrogens is 358 g/mol. The monoisotopic (exact) mass is 377 g/mol. The van der Waals surface area contributed by atoms with Crippen molar-refractivity contribution in [2.45, 2.75) is 18.2 Å². The second kappa shape index (κ2) is 5.59. The lowest BCUT2D eigenvalue weighted by Crippen LogP contribution is -2.69. The predicted octanol–water partition coefficient (Wildman–Crippen LogP) is 2.37. The summed E-state index contributed by atoms with van der Waals surface area (Å²) in [6.45, 7) is 0.405. The summed E-state index contributed by atoms with van der Waals surface area (Å²) in [6, 6.07) is 13.6. The molecule has 2 heterocycles. The van der Waals surface area contributed by atoms with Crippen LogP contribution in [-0.2, 0) is 4.74 Å². The maximum absolute atomic E-state index is 13.9. The Kier molecular flexibility index (Phi) is 3.45. The number of likely N-dealkylation sites (N-methyl/N-ethyl adjacent to an activating group) is 1. The number of Topliss-reactive ketones (excluding diaryl/α,β-unsaturated/α-hetero) is 3. The van der Waals surface area contributed by atoms with Crippen molar-refractivity contribution in [3.63, 3.8) is 0 Å². The number of rotatable bonds is 1. The van der Waals surface area contributed by atoms with Gasteiger partial charge in [0, 0.05) is 24.8 Å². The van der Waals surface area contributed by atoms with Crippen molar-refractivity contribution in [2.24, 2.45) is 5.41 Å². The van der Waals surface area contributed by atoms with E-state index >= 15 is 0 Å². The molecule has 0 N–H and O–H groups in total. The first-order valence-electron chi connectivity index (χ1n) is 9.23. The molecule has 0 aromatic heterocycles. The van der Waals surface area contributed by atoms with Crippen LogP contribution in [0.1, 0.15) is 37.5 Å². The molecule has 6 heteroatoms. The number of benzene rings is 2. The molecule has 3 aliphatic rings. The van der Waals surface area contributed by atoms with E-state index in [0.717, 1.165) is 0 Å². The summed E-state index contributed by atoms with van der Waals surface area (Å²) in [6.07, 6.45) is -0.747. The molecule has 5 rings (SSSR count). The van der Waals surface area contributed by atoms with Gasteiger partial charge >= 0.3 is 0 Å². The number of carbonyl (C=O) groups excluding carboxylic acids is 3. The molecule has 0 radical (unpaired) electrons. The topological polar surface area (TPSA) is 72.9 Å². The average Bonchev–Trinajstić information content (AvgIpc) is 3.15. The van der Waals surface area contributed by atoms with E-state index in [9.17, 15) is 14.4 Å². The molecule has 2 atom stereocenters. The van der Waals surface area contributed by atoms with Gasteiger partial charge in [0.1, 0.15) is 11.2 Å². The fraction of sp³-hybridized carbons (Fsp3) is 0.318. The molecule has 6 nitrogen and oxygen atoms in total. The van der Waals surface area contributed by atoms with Crippen LogP contribution in [0.2, 0.25) is 0 Å². The van der Waals surface area contributed by atoms with Crippen LogP contribution in [0.25, 0.3) is 0 Å². The van der Waals surface area contributed by atoms with Crippen molar-refractivity contribution in [1.29, 1.82) is 0 Å². The second-order valence-electron chi connectivity index (χ2n) is 7.57. The highest BCUT2D eigenvalue weighted by molar-refractivity contribution is 6.36. The number of para-hydroxylation sites is 1. The van der Waals surface area contributed by atoms with Gasteiger partial charge in [0.05, 0.1) is 5.56 Å². The van der Waals surface area contributed by atoms with Crippen LogP contribution in [0.3, 0.4) is 0 Å². The molecule has 1 saturated heterocycles. The van der Waals surface area contributed by atoms with Crippen molar-refractivity contribution < 1.29 is 23.9 Å². The zero-order chi connectivity index (χ0) is 19.7. The quantitative estimate of drug-likeness (QED) is 0.711. The standard InChI is InChI=1S/C22H19NO5/c1-23-12-11-21(17(24)15-9-5-6-10-16(15)28-20(21)27-2)22(23)18(25)13-7-3-4-8-14(13)19(22)26/h3-10,20H,11-12H2,1-2H3/t20-,21-/m0/s1. The lowest BCUT2D eigenvalue weighted by atomic mass is 9.61. The first kappa shape index (κ1) is 17.3. The molecule has 0 amide bonds. The van der Waals surface area contributed by atoms with Crippen LogP contribution in [0.4, 0.5) is 0 Å². The number of methoxy groups -OCH3 is 1. The van der Waals surface area contributed by atoms with E-state index < -0.39 is 17.2 Å². The smallest absolute Gasteiger partial charge is 0.215 e. The number of hydrogen-bond acceptors (Lipinski definition) is 6. The second-order valence-corrected chi connectivity index (χ2v) is 7.57. The van der Waals surface area contributed by atoms with Crippen LogP contribution in [0.15, 0.2) is 48.5 Å². The summed E-state index contributed by atoms with van der Waals surface area (Å²) < 4.78 is 11.7. The number of ether oxygens (including phenoxy) is 2. The minimum absolute atomic E-state index is 0.278. The fourth-order valence-electron chi connectivity index (χ4n) is 5.29. The maximum atomic E-state index is 13.9. The number of nitrogens with zero attached hydrogens (tertiary/aromatic N) is 1. The van der Waals surface area contributed by atoms with Gasteiger partial charge < -0.3 is 9.47 Å². The van der Waals surface area contributed by atoms with Gasteiger partial charge in [-0.05, 0) is 25.6 Å². The average molecular weight is 377 g/mol. The molecule has 1 fully saturated rings. The number of carbonyl (C=O) groups is 3. The van der Waals surface area contributed by atoms with Crippen LogP contribution < -0.4 is 4.74 Å². The highest BCUT2D eigenvalue weighted by Crippen LogP contribution is 2.58. The number of hydrogen-bond donors (Lipinski definition) is 0. The minimum atomic E-state index is -1.66. The summed E-state index contributed by atoms with van der Waals surface area (Å²) in [7, 11) is 3.16. The fourth-order valence-corrected chi connectivity index (χ4v) is 5.29. The van der Waals surface area contributed by atoms with Gasteiger partial charge in [-0.1, -0.05) is 36.4 Å². The highest BCUT2D eigenvalue weighted by Gasteiger charge is 2.77. The minimum Gasteiger partial charge on any atom is -0.463 e. The van der Waals surface area contributed by atoms with Gasteiger partial charge in [-0.25, -0.2) is 0 Å². The molecule has 0 saturated carbocycles.